The van der Waals surface area contributed by atoms with E-state index in [0.717, 1.165) is 29.4 Å². The summed E-state index contributed by atoms with van der Waals surface area (Å²) < 4.78 is 5.48. The highest BCUT2D eigenvalue weighted by Crippen LogP contribution is 2.84. The zero-order valence-electron chi connectivity index (χ0n) is 15.9. The van der Waals surface area contributed by atoms with E-state index in [9.17, 15) is 5.11 Å². The first-order chi connectivity index (χ1) is 12.1. The highest BCUT2D eigenvalue weighted by molar-refractivity contribution is 5.43. The molecule has 4 aliphatic carbocycles. The first-order valence-electron chi connectivity index (χ1n) is 10.4. The molecule has 0 bridgehead atoms. The maximum Gasteiger partial charge on any atom is 0.119 e. The Balaban J connectivity index is 1.59. The smallest absolute Gasteiger partial charge is 0.119 e. The lowest BCUT2D eigenvalue weighted by Crippen LogP contribution is -2.50. The summed E-state index contributed by atoms with van der Waals surface area (Å²) in [6, 6.07) is 6.82. The molecule has 4 aliphatic rings. The Bertz CT molecular complexity index is 697. The maximum atomic E-state index is 10.1. The molecule has 0 unspecified atom stereocenters. The Hall–Kier alpha value is -1.02. The highest BCUT2D eigenvalue weighted by atomic mass is 16.5. The van der Waals surface area contributed by atoms with Crippen LogP contribution in [0.15, 0.2) is 18.2 Å². The average molecular weight is 341 g/mol. The van der Waals surface area contributed by atoms with Gasteiger partial charge in [0.05, 0.1) is 7.11 Å². The minimum absolute atomic E-state index is 0.408. The van der Waals surface area contributed by atoms with E-state index in [0.29, 0.717) is 23.4 Å². The normalized spacial score (nSPS) is 46.6. The van der Waals surface area contributed by atoms with Crippen molar-refractivity contribution in [2.75, 3.05) is 13.7 Å². The molecule has 0 aromatic heterocycles. The van der Waals surface area contributed by atoms with E-state index in [2.05, 4.69) is 32.0 Å². The number of benzene rings is 1. The van der Waals surface area contributed by atoms with Crippen LogP contribution >= 0.6 is 0 Å². The first-order valence-corrected chi connectivity index (χ1v) is 10.4. The Morgan fingerprint density at radius 1 is 1.32 bits per heavy atom. The molecule has 2 nitrogen and oxygen atoms in total. The van der Waals surface area contributed by atoms with Crippen LogP contribution < -0.4 is 4.74 Å². The lowest BCUT2D eigenvalue weighted by Gasteiger charge is -2.57. The van der Waals surface area contributed by atoms with Crippen LogP contribution in [-0.2, 0) is 6.42 Å². The number of rotatable bonds is 3. The van der Waals surface area contributed by atoms with Gasteiger partial charge in [-0.25, -0.2) is 0 Å². The van der Waals surface area contributed by atoms with Crippen molar-refractivity contribution in [1.82, 2.24) is 0 Å². The number of methoxy groups -OCH3 is 1. The molecule has 0 saturated heterocycles. The minimum Gasteiger partial charge on any atom is -0.497 e. The van der Waals surface area contributed by atoms with E-state index in [1.165, 1.54) is 44.1 Å². The van der Waals surface area contributed by atoms with Crippen LogP contribution in [0.25, 0.3) is 0 Å². The standard InChI is InChI=1S/C23H32O2/c1-4-22-8-7-20-19-6-5-18(25-3)10-15(19)9-14(2)21(20)23(22)12-16(23)11-17(22)13-24/h5-6,10,14,16-17,20-21,24H,4,7-9,11-13H2,1-3H3/t14-,16+,17+,20-,21-,22-,23-/m1/s1. The summed E-state index contributed by atoms with van der Waals surface area (Å²) in [5.74, 6) is 4.75. The topological polar surface area (TPSA) is 29.5 Å². The lowest BCUT2D eigenvalue weighted by molar-refractivity contribution is -0.0603. The number of hydrogen-bond donors (Lipinski definition) is 1. The van der Waals surface area contributed by atoms with E-state index >= 15 is 0 Å². The van der Waals surface area contributed by atoms with Gasteiger partial charge < -0.3 is 9.84 Å². The van der Waals surface area contributed by atoms with E-state index in [4.69, 9.17) is 4.74 Å². The third-order valence-electron chi connectivity index (χ3n) is 9.12. The van der Waals surface area contributed by atoms with Crippen molar-refractivity contribution in [2.24, 2.45) is 34.5 Å². The zero-order valence-corrected chi connectivity index (χ0v) is 15.9. The molecule has 0 amide bonds. The van der Waals surface area contributed by atoms with Gasteiger partial charge in [-0.2, -0.15) is 0 Å². The summed E-state index contributed by atoms with van der Waals surface area (Å²) in [7, 11) is 1.77. The molecule has 3 fully saturated rings. The first kappa shape index (κ1) is 16.2. The monoisotopic (exact) mass is 340 g/mol. The number of aliphatic hydroxyl groups is 1. The Morgan fingerprint density at radius 3 is 2.88 bits per heavy atom. The van der Waals surface area contributed by atoms with Crippen molar-refractivity contribution in [1.29, 1.82) is 0 Å². The van der Waals surface area contributed by atoms with Gasteiger partial charge in [0.15, 0.2) is 0 Å². The van der Waals surface area contributed by atoms with Crippen LogP contribution in [0.5, 0.6) is 5.75 Å². The van der Waals surface area contributed by atoms with Crippen LogP contribution in [0, 0.1) is 34.5 Å². The van der Waals surface area contributed by atoms with Crippen LogP contribution in [0.1, 0.15) is 63.0 Å². The predicted octanol–water partition coefficient (Wildman–Crippen LogP) is 4.80. The van der Waals surface area contributed by atoms with Crippen LogP contribution in [-0.4, -0.2) is 18.8 Å². The lowest BCUT2D eigenvalue weighted by atomic mass is 9.47. The van der Waals surface area contributed by atoms with Gasteiger partial charge in [-0.3, -0.25) is 0 Å². The Kier molecular flexibility index (Phi) is 3.40. The fourth-order valence-corrected chi connectivity index (χ4v) is 8.35. The molecule has 1 N–H and O–H groups in total. The van der Waals surface area contributed by atoms with Gasteiger partial charge in [-0.15, -0.1) is 0 Å². The van der Waals surface area contributed by atoms with Crippen LogP contribution in [0.4, 0.5) is 0 Å². The molecular formula is C23H32O2. The minimum atomic E-state index is 0.408. The third kappa shape index (κ3) is 1.80. The van der Waals surface area contributed by atoms with Gasteiger partial charge >= 0.3 is 0 Å². The second-order valence-corrected chi connectivity index (χ2v) is 9.48. The van der Waals surface area contributed by atoms with Crippen molar-refractivity contribution >= 4 is 0 Å². The summed E-state index contributed by atoms with van der Waals surface area (Å²) in [5.41, 5.74) is 4.10. The number of ether oxygens (including phenoxy) is 1. The van der Waals surface area contributed by atoms with Gasteiger partial charge in [0.25, 0.3) is 0 Å². The fraction of sp³-hybridized carbons (Fsp3) is 0.739. The molecular weight excluding hydrogens is 308 g/mol. The van der Waals surface area contributed by atoms with E-state index in [1.54, 1.807) is 12.7 Å². The molecule has 3 saturated carbocycles. The summed E-state index contributed by atoms with van der Waals surface area (Å²) >= 11 is 0. The zero-order chi connectivity index (χ0) is 17.4. The van der Waals surface area contributed by atoms with E-state index in [1.807, 2.05) is 0 Å². The molecule has 5 rings (SSSR count). The summed E-state index contributed by atoms with van der Waals surface area (Å²) in [6.07, 6.45) is 7.83. The van der Waals surface area contributed by atoms with Crippen LogP contribution in [0.2, 0.25) is 0 Å². The van der Waals surface area contributed by atoms with Gasteiger partial charge in [-0.1, -0.05) is 19.9 Å². The molecule has 0 aliphatic heterocycles. The third-order valence-corrected chi connectivity index (χ3v) is 9.12. The van der Waals surface area contributed by atoms with Gasteiger partial charge in [0.2, 0.25) is 0 Å². The van der Waals surface area contributed by atoms with Crippen molar-refractivity contribution in [3.8, 4) is 5.75 Å². The molecule has 2 heteroatoms. The summed E-state index contributed by atoms with van der Waals surface area (Å²) in [6.45, 7) is 5.31. The number of hydrogen-bond acceptors (Lipinski definition) is 2. The molecule has 136 valence electrons. The second kappa shape index (κ2) is 5.25. The van der Waals surface area contributed by atoms with E-state index in [-0.39, 0.29) is 0 Å². The number of fused-ring (bicyclic) bond motifs is 3. The van der Waals surface area contributed by atoms with Crippen molar-refractivity contribution in [3.63, 3.8) is 0 Å². The maximum absolute atomic E-state index is 10.1. The average Bonchev–Trinajstić information content (AvgIpc) is 3.27. The van der Waals surface area contributed by atoms with Crippen molar-refractivity contribution in [3.05, 3.63) is 29.3 Å². The SMILES string of the molecule is CC[C@]12CC[C@@H]3c4ccc(OC)cc4C[C@@H](C)[C@H]3[C@]13C[C@@H]3C[C@H]2CO. The van der Waals surface area contributed by atoms with Crippen molar-refractivity contribution < 1.29 is 9.84 Å². The largest absolute Gasteiger partial charge is 0.497 e. The van der Waals surface area contributed by atoms with Gasteiger partial charge in [0.1, 0.15) is 5.75 Å². The summed E-state index contributed by atoms with van der Waals surface area (Å²) in [4.78, 5) is 0. The molecule has 1 aromatic carbocycles. The van der Waals surface area contributed by atoms with Crippen molar-refractivity contribution in [2.45, 2.75) is 58.3 Å². The van der Waals surface area contributed by atoms with Gasteiger partial charge in [0, 0.05) is 6.61 Å². The van der Waals surface area contributed by atoms with Crippen LogP contribution in [0.3, 0.4) is 0 Å². The molecule has 1 spiro atoms. The van der Waals surface area contributed by atoms with Gasteiger partial charge in [-0.05, 0) is 102 Å². The Labute approximate surface area is 152 Å². The Morgan fingerprint density at radius 2 is 2.16 bits per heavy atom. The quantitative estimate of drug-likeness (QED) is 0.857. The van der Waals surface area contributed by atoms with E-state index < -0.39 is 0 Å². The fourth-order valence-electron chi connectivity index (χ4n) is 8.35. The summed E-state index contributed by atoms with van der Waals surface area (Å²) in [5, 5.41) is 10.1. The number of aliphatic hydroxyl groups excluding tert-OH is 1. The second-order valence-electron chi connectivity index (χ2n) is 9.48. The molecule has 7 atom stereocenters. The molecule has 1 aromatic rings. The molecule has 25 heavy (non-hydrogen) atoms. The highest BCUT2D eigenvalue weighted by Gasteiger charge is 2.77. The molecule has 0 heterocycles. The molecule has 0 radical (unpaired) electrons. The predicted molar refractivity (Wildman–Crippen MR) is 99.8 cm³/mol.